The van der Waals surface area contributed by atoms with Gasteiger partial charge in [-0.25, -0.2) is 0 Å². The van der Waals surface area contributed by atoms with Crippen molar-refractivity contribution in [3.05, 3.63) is 0 Å². The van der Waals surface area contributed by atoms with Crippen LogP contribution < -0.4 is 11.1 Å². The summed E-state index contributed by atoms with van der Waals surface area (Å²) in [5.41, 5.74) is 5.31. The van der Waals surface area contributed by atoms with Gasteiger partial charge in [0.2, 0.25) is 0 Å². The first-order chi connectivity index (χ1) is 4.85. The molecule has 0 aliphatic heterocycles. The largest absolute Gasteiger partial charge is 0.395 e. The fourth-order valence-electron chi connectivity index (χ4n) is 0.862. The molecular formula is C7H18N2O. The highest BCUT2D eigenvalue weighted by molar-refractivity contribution is 4.61. The number of hydrogen-bond donors (Lipinski definition) is 3. The quantitative estimate of drug-likeness (QED) is 0.451. The maximum atomic E-state index is 8.73. The first kappa shape index (κ1) is 9.88. The van der Waals surface area contributed by atoms with Crippen molar-refractivity contribution >= 4 is 0 Å². The summed E-state index contributed by atoms with van der Waals surface area (Å²) in [5, 5.41) is 11.8. The van der Waals surface area contributed by atoms with Crippen LogP contribution in [0, 0.1) is 0 Å². The molecule has 3 heteroatoms. The minimum atomic E-state index is 0.223. The highest BCUT2D eigenvalue weighted by Gasteiger charge is 2.01. The predicted molar refractivity (Wildman–Crippen MR) is 42.8 cm³/mol. The van der Waals surface area contributed by atoms with E-state index in [0.717, 1.165) is 25.8 Å². The van der Waals surface area contributed by atoms with Crippen molar-refractivity contribution < 1.29 is 5.11 Å². The fourth-order valence-corrected chi connectivity index (χ4v) is 0.862. The van der Waals surface area contributed by atoms with E-state index in [2.05, 4.69) is 5.32 Å². The first-order valence-electron chi connectivity index (χ1n) is 3.83. The summed E-state index contributed by atoms with van der Waals surface area (Å²) >= 11 is 0. The van der Waals surface area contributed by atoms with E-state index in [9.17, 15) is 0 Å². The Morgan fingerprint density at radius 2 is 2.20 bits per heavy atom. The fraction of sp³-hybridized carbons (Fsp3) is 1.00. The number of aliphatic hydroxyl groups excluding tert-OH is 1. The molecule has 10 heavy (non-hydrogen) atoms. The maximum Gasteiger partial charge on any atom is 0.0584 e. The molecule has 0 fully saturated rings. The Kier molecular flexibility index (Phi) is 6.91. The van der Waals surface area contributed by atoms with Gasteiger partial charge in [-0.1, -0.05) is 6.42 Å². The lowest BCUT2D eigenvalue weighted by Crippen LogP contribution is -2.28. The third-order valence-electron chi connectivity index (χ3n) is 1.64. The second-order valence-corrected chi connectivity index (χ2v) is 2.45. The zero-order valence-electron chi connectivity index (χ0n) is 6.64. The Morgan fingerprint density at radius 3 is 2.60 bits per heavy atom. The molecule has 0 saturated heterocycles. The Morgan fingerprint density at radius 1 is 1.50 bits per heavy atom. The van der Waals surface area contributed by atoms with Crippen LogP contribution in [0.3, 0.4) is 0 Å². The van der Waals surface area contributed by atoms with Crippen molar-refractivity contribution in [3.8, 4) is 0 Å². The SMILES string of the molecule is CN[C@H](CO)CCCCN. The van der Waals surface area contributed by atoms with Gasteiger partial charge in [-0.05, 0) is 26.4 Å². The van der Waals surface area contributed by atoms with Gasteiger partial charge in [0.05, 0.1) is 6.61 Å². The molecule has 0 aromatic heterocycles. The van der Waals surface area contributed by atoms with Crippen molar-refractivity contribution in [1.82, 2.24) is 5.32 Å². The third kappa shape index (κ3) is 4.73. The second kappa shape index (κ2) is 6.99. The van der Waals surface area contributed by atoms with Crippen LogP contribution >= 0.6 is 0 Å². The lowest BCUT2D eigenvalue weighted by atomic mass is 10.1. The van der Waals surface area contributed by atoms with Gasteiger partial charge in [0.15, 0.2) is 0 Å². The summed E-state index contributed by atoms with van der Waals surface area (Å²) in [4.78, 5) is 0. The summed E-state index contributed by atoms with van der Waals surface area (Å²) < 4.78 is 0. The topological polar surface area (TPSA) is 58.3 Å². The Balaban J connectivity index is 3.09. The van der Waals surface area contributed by atoms with E-state index in [1.807, 2.05) is 7.05 Å². The molecule has 0 aromatic carbocycles. The Bertz CT molecular complexity index is 64.6. The molecule has 0 aliphatic rings. The van der Waals surface area contributed by atoms with Gasteiger partial charge in [-0.3, -0.25) is 0 Å². The molecule has 0 radical (unpaired) electrons. The Hall–Kier alpha value is -0.120. The number of rotatable bonds is 6. The van der Waals surface area contributed by atoms with Gasteiger partial charge >= 0.3 is 0 Å². The average molecular weight is 146 g/mol. The number of nitrogens with one attached hydrogen (secondary N) is 1. The normalized spacial score (nSPS) is 13.5. The number of hydrogen-bond acceptors (Lipinski definition) is 3. The highest BCUT2D eigenvalue weighted by Crippen LogP contribution is 1.98. The molecule has 0 amide bonds. The van der Waals surface area contributed by atoms with Crippen LogP contribution in [-0.4, -0.2) is 31.3 Å². The van der Waals surface area contributed by atoms with E-state index < -0.39 is 0 Å². The lowest BCUT2D eigenvalue weighted by molar-refractivity contribution is 0.240. The van der Waals surface area contributed by atoms with Crippen molar-refractivity contribution in [3.63, 3.8) is 0 Å². The van der Waals surface area contributed by atoms with Crippen LogP contribution in [-0.2, 0) is 0 Å². The standard InChI is InChI=1S/C7H18N2O/c1-9-7(6-10)4-2-3-5-8/h7,9-10H,2-6,8H2,1H3/t7-/m0/s1. The highest BCUT2D eigenvalue weighted by atomic mass is 16.3. The first-order valence-corrected chi connectivity index (χ1v) is 3.83. The van der Waals surface area contributed by atoms with Crippen LogP contribution in [0.25, 0.3) is 0 Å². The maximum absolute atomic E-state index is 8.73. The van der Waals surface area contributed by atoms with E-state index >= 15 is 0 Å². The van der Waals surface area contributed by atoms with Crippen molar-refractivity contribution in [2.75, 3.05) is 20.2 Å². The average Bonchev–Trinajstić information content (AvgIpc) is 1.99. The van der Waals surface area contributed by atoms with Gasteiger partial charge in [-0.15, -0.1) is 0 Å². The van der Waals surface area contributed by atoms with Crippen LogP contribution in [0.5, 0.6) is 0 Å². The zero-order chi connectivity index (χ0) is 7.82. The van der Waals surface area contributed by atoms with Crippen molar-refractivity contribution in [2.45, 2.75) is 25.3 Å². The van der Waals surface area contributed by atoms with Gasteiger partial charge < -0.3 is 16.2 Å². The van der Waals surface area contributed by atoms with E-state index in [0.29, 0.717) is 0 Å². The van der Waals surface area contributed by atoms with Crippen LogP contribution in [0.2, 0.25) is 0 Å². The van der Waals surface area contributed by atoms with Crippen molar-refractivity contribution in [1.29, 1.82) is 0 Å². The molecule has 0 saturated carbocycles. The molecule has 0 spiro atoms. The second-order valence-electron chi connectivity index (χ2n) is 2.45. The van der Waals surface area contributed by atoms with E-state index in [1.165, 1.54) is 0 Å². The number of likely N-dealkylation sites (N-methyl/N-ethyl adjacent to an activating group) is 1. The lowest BCUT2D eigenvalue weighted by Gasteiger charge is -2.11. The minimum Gasteiger partial charge on any atom is -0.395 e. The molecule has 1 atom stereocenters. The molecule has 3 nitrogen and oxygen atoms in total. The summed E-state index contributed by atoms with van der Waals surface area (Å²) in [6.07, 6.45) is 3.17. The molecule has 0 aromatic rings. The monoisotopic (exact) mass is 146 g/mol. The van der Waals surface area contributed by atoms with Crippen molar-refractivity contribution in [2.24, 2.45) is 5.73 Å². The Labute approximate surface area is 62.6 Å². The number of aliphatic hydroxyl groups is 1. The summed E-state index contributed by atoms with van der Waals surface area (Å²) in [6, 6.07) is 0.256. The van der Waals surface area contributed by atoms with E-state index in [1.54, 1.807) is 0 Å². The van der Waals surface area contributed by atoms with Gasteiger partial charge in [0.25, 0.3) is 0 Å². The molecule has 0 heterocycles. The van der Waals surface area contributed by atoms with Gasteiger partial charge in [0.1, 0.15) is 0 Å². The summed E-state index contributed by atoms with van der Waals surface area (Å²) in [7, 11) is 1.86. The molecule has 0 unspecified atom stereocenters. The predicted octanol–water partition coefficient (Wildman–Crippen LogP) is -0.304. The molecular weight excluding hydrogens is 128 g/mol. The van der Waals surface area contributed by atoms with Gasteiger partial charge in [0, 0.05) is 6.04 Å². The summed E-state index contributed by atoms with van der Waals surface area (Å²) in [5.74, 6) is 0. The number of nitrogens with two attached hydrogens (primary N) is 1. The zero-order valence-corrected chi connectivity index (χ0v) is 6.64. The van der Waals surface area contributed by atoms with Crippen LogP contribution in [0.4, 0.5) is 0 Å². The van der Waals surface area contributed by atoms with E-state index in [-0.39, 0.29) is 12.6 Å². The number of unbranched alkanes of at least 4 members (excludes halogenated alkanes) is 1. The molecule has 0 aliphatic carbocycles. The minimum absolute atomic E-state index is 0.223. The molecule has 0 rings (SSSR count). The smallest absolute Gasteiger partial charge is 0.0584 e. The molecule has 0 bridgehead atoms. The molecule has 62 valence electrons. The third-order valence-corrected chi connectivity index (χ3v) is 1.64. The summed E-state index contributed by atoms with van der Waals surface area (Å²) in [6.45, 7) is 0.975. The molecule has 4 N–H and O–H groups in total. The van der Waals surface area contributed by atoms with Gasteiger partial charge in [-0.2, -0.15) is 0 Å². The van der Waals surface area contributed by atoms with Crippen LogP contribution in [0.1, 0.15) is 19.3 Å². The van der Waals surface area contributed by atoms with Crippen LogP contribution in [0.15, 0.2) is 0 Å². The van der Waals surface area contributed by atoms with E-state index in [4.69, 9.17) is 10.8 Å².